The van der Waals surface area contributed by atoms with Gasteiger partial charge < -0.3 is 0 Å². The molecular weight excluding hydrogens is 321 g/mol. The molecule has 4 heteroatoms. The van der Waals surface area contributed by atoms with Crippen LogP contribution in [0.2, 0.25) is 5.02 Å². The highest BCUT2D eigenvalue weighted by Gasteiger charge is 2.22. The van der Waals surface area contributed by atoms with Crippen molar-refractivity contribution in [1.29, 1.82) is 0 Å². The Morgan fingerprint density at radius 1 is 1.35 bits per heavy atom. The second kappa shape index (κ2) is 6.42. The first-order valence-electron chi connectivity index (χ1n) is 5.94. The van der Waals surface area contributed by atoms with E-state index in [1.54, 1.807) is 0 Å². The molecule has 1 aliphatic rings. The number of likely N-dealkylation sites (tertiary alicyclic amines) is 1. The Kier molecular flexibility index (Phi) is 5.16. The van der Waals surface area contributed by atoms with E-state index in [2.05, 4.69) is 26.9 Å². The molecular formula is C13H16BrCl2N. The lowest BCUT2D eigenvalue weighted by Gasteiger charge is -2.34. The smallest absolute Gasteiger partial charge is 0.0462 e. The van der Waals surface area contributed by atoms with Gasteiger partial charge in [-0.1, -0.05) is 40.0 Å². The summed E-state index contributed by atoms with van der Waals surface area (Å²) in [6.45, 7) is 2.03. The van der Waals surface area contributed by atoms with Gasteiger partial charge in [0.15, 0.2) is 0 Å². The van der Waals surface area contributed by atoms with E-state index in [0.29, 0.717) is 11.9 Å². The minimum atomic E-state index is 0.505. The zero-order valence-corrected chi connectivity index (χ0v) is 12.7. The van der Waals surface area contributed by atoms with Crippen LogP contribution in [0.1, 0.15) is 24.8 Å². The second-order valence-corrected chi connectivity index (χ2v) is 6.14. The van der Waals surface area contributed by atoms with E-state index in [9.17, 15) is 0 Å². The topological polar surface area (TPSA) is 3.24 Å². The molecule has 0 amide bonds. The third-order valence-corrected chi connectivity index (χ3v) is 4.52. The highest BCUT2D eigenvalue weighted by molar-refractivity contribution is 9.10. The van der Waals surface area contributed by atoms with Gasteiger partial charge in [0.1, 0.15) is 0 Å². The Bertz CT molecular complexity index is 384. The quantitative estimate of drug-likeness (QED) is 0.723. The van der Waals surface area contributed by atoms with E-state index < -0.39 is 0 Å². The number of rotatable bonds is 3. The Hall–Kier alpha value is 0.240. The molecule has 1 fully saturated rings. The number of hydrogen-bond acceptors (Lipinski definition) is 1. The third kappa shape index (κ3) is 3.60. The van der Waals surface area contributed by atoms with E-state index in [1.807, 2.05) is 12.1 Å². The molecule has 0 N–H and O–H groups in total. The maximum absolute atomic E-state index is 6.25. The van der Waals surface area contributed by atoms with Crippen molar-refractivity contribution >= 4 is 39.1 Å². The average Bonchev–Trinajstić information content (AvgIpc) is 2.33. The lowest BCUT2D eigenvalue weighted by atomic mass is 10.0. The summed E-state index contributed by atoms with van der Waals surface area (Å²) in [5.41, 5.74) is 1.19. The molecule has 1 heterocycles. The standard InChI is InChI=1S/C13H16BrCl2N/c14-11-5-4-10(13(16)7-11)9-17-6-2-1-3-12(17)8-15/h4-5,7,12H,1-3,6,8-9H2. The van der Waals surface area contributed by atoms with Crippen LogP contribution in [-0.4, -0.2) is 23.4 Å². The molecule has 0 saturated carbocycles. The Morgan fingerprint density at radius 2 is 2.18 bits per heavy atom. The number of piperidine rings is 1. The maximum atomic E-state index is 6.25. The van der Waals surface area contributed by atoms with Crippen LogP contribution in [0, 0.1) is 0 Å². The molecule has 0 aromatic heterocycles. The Labute approximate surface area is 121 Å². The first-order chi connectivity index (χ1) is 8.20. The number of alkyl halides is 1. The van der Waals surface area contributed by atoms with Crippen LogP contribution in [0.25, 0.3) is 0 Å². The summed E-state index contributed by atoms with van der Waals surface area (Å²) >= 11 is 15.7. The zero-order chi connectivity index (χ0) is 12.3. The Balaban J connectivity index is 2.08. The highest BCUT2D eigenvalue weighted by Crippen LogP contribution is 2.26. The first-order valence-corrected chi connectivity index (χ1v) is 7.65. The van der Waals surface area contributed by atoms with Crippen LogP contribution in [-0.2, 0) is 6.54 Å². The average molecular weight is 337 g/mol. The summed E-state index contributed by atoms with van der Waals surface area (Å²) in [6.07, 6.45) is 3.77. The van der Waals surface area contributed by atoms with Crippen LogP contribution in [0.5, 0.6) is 0 Å². The summed E-state index contributed by atoms with van der Waals surface area (Å²) in [5.74, 6) is 0.716. The number of hydrogen-bond donors (Lipinski definition) is 0. The lowest BCUT2D eigenvalue weighted by Crippen LogP contribution is -2.40. The molecule has 1 aromatic rings. The van der Waals surface area contributed by atoms with Crippen molar-refractivity contribution in [2.24, 2.45) is 0 Å². The molecule has 1 atom stereocenters. The largest absolute Gasteiger partial charge is 0.295 e. The number of benzene rings is 1. The van der Waals surface area contributed by atoms with Crippen LogP contribution in [0.3, 0.4) is 0 Å². The monoisotopic (exact) mass is 335 g/mol. The van der Waals surface area contributed by atoms with Crippen molar-refractivity contribution in [3.05, 3.63) is 33.3 Å². The molecule has 1 nitrogen and oxygen atoms in total. The molecule has 0 aliphatic carbocycles. The van der Waals surface area contributed by atoms with E-state index >= 15 is 0 Å². The summed E-state index contributed by atoms with van der Waals surface area (Å²) in [7, 11) is 0. The van der Waals surface area contributed by atoms with Crippen molar-refractivity contribution < 1.29 is 0 Å². The van der Waals surface area contributed by atoms with Crippen molar-refractivity contribution in [2.75, 3.05) is 12.4 Å². The fourth-order valence-electron chi connectivity index (χ4n) is 2.31. The Morgan fingerprint density at radius 3 is 2.88 bits per heavy atom. The molecule has 1 saturated heterocycles. The van der Waals surface area contributed by atoms with Gasteiger partial charge in [0.05, 0.1) is 0 Å². The zero-order valence-electron chi connectivity index (χ0n) is 9.63. The van der Waals surface area contributed by atoms with Crippen molar-refractivity contribution in [3.63, 3.8) is 0 Å². The molecule has 1 unspecified atom stereocenters. The van der Waals surface area contributed by atoms with E-state index in [0.717, 1.165) is 22.6 Å². The summed E-state index contributed by atoms with van der Waals surface area (Å²) in [6, 6.07) is 6.59. The van der Waals surface area contributed by atoms with Gasteiger partial charge in [-0.15, -0.1) is 11.6 Å². The summed E-state index contributed by atoms with van der Waals surface area (Å²) < 4.78 is 1.03. The van der Waals surface area contributed by atoms with Gasteiger partial charge in [-0.25, -0.2) is 0 Å². The minimum absolute atomic E-state index is 0.505. The highest BCUT2D eigenvalue weighted by atomic mass is 79.9. The van der Waals surface area contributed by atoms with Gasteiger partial charge >= 0.3 is 0 Å². The fourth-order valence-corrected chi connectivity index (χ4v) is 3.39. The summed E-state index contributed by atoms with van der Waals surface area (Å²) in [5, 5.41) is 0.832. The van der Waals surface area contributed by atoms with Crippen LogP contribution >= 0.6 is 39.1 Å². The van der Waals surface area contributed by atoms with Gasteiger partial charge in [-0.3, -0.25) is 4.90 Å². The number of halogens is 3. The number of nitrogens with zero attached hydrogens (tertiary/aromatic N) is 1. The predicted octanol–water partition coefficient (Wildman–Crippen LogP) is 4.70. The molecule has 17 heavy (non-hydrogen) atoms. The van der Waals surface area contributed by atoms with Crippen LogP contribution in [0.15, 0.2) is 22.7 Å². The molecule has 94 valence electrons. The van der Waals surface area contributed by atoms with Gasteiger partial charge in [-0.05, 0) is 37.1 Å². The third-order valence-electron chi connectivity index (χ3n) is 3.32. The predicted molar refractivity (Wildman–Crippen MR) is 77.9 cm³/mol. The minimum Gasteiger partial charge on any atom is -0.295 e. The van der Waals surface area contributed by atoms with Gasteiger partial charge in [-0.2, -0.15) is 0 Å². The molecule has 0 radical (unpaired) electrons. The van der Waals surface area contributed by atoms with E-state index in [1.165, 1.54) is 24.8 Å². The molecule has 1 aromatic carbocycles. The van der Waals surface area contributed by atoms with Gasteiger partial charge in [0.25, 0.3) is 0 Å². The molecule has 0 bridgehead atoms. The maximum Gasteiger partial charge on any atom is 0.0462 e. The SMILES string of the molecule is ClCC1CCCCN1Cc1ccc(Br)cc1Cl. The fraction of sp³-hybridized carbons (Fsp3) is 0.538. The summed E-state index contributed by atoms with van der Waals surface area (Å²) in [4.78, 5) is 2.45. The second-order valence-electron chi connectivity index (χ2n) is 4.51. The van der Waals surface area contributed by atoms with Crippen LogP contribution in [0.4, 0.5) is 0 Å². The van der Waals surface area contributed by atoms with Gasteiger partial charge in [0, 0.05) is 28.0 Å². The van der Waals surface area contributed by atoms with Gasteiger partial charge in [0.2, 0.25) is 0 Å². The van der Waals surface area contributed by atoms with E-state index in [-0.39, 0.29) is 0 Å². The molecule has 2 rings (SSSR count). The first kappa shape index (κ1) is 13.7. The normalized spacial score (nSPS) is 21.7. The van der Waals surface area contributed by atoms with Crippen LogP contribution < -0.4 is 0 Å². The molecule has 1 aliphatic heterocycles. The van der Waals surface area contributed by atoms with Crippen molar-refractivity contribution in [1.82, 2.24) is 4.90 Å². The van der Waals surface area contributed by atoms with E-state index in [4.69, 9.17) is 23.2 Å². The van der Waals surface area contributed by atoms with Crippen molar-refractivity contribution in [2.45, 2.75) is 31.8 Å². The lowest BCUT2D eigenvalue weighted by molar-refractivity contribution is 0.155. The van der Waals surface area contributed by atoms with Crippen molar-refractivity contribution in [3.8, 4) is 0 Å². The molecule has 0 spiro atoms.